The molecule has 8 heteroatoms. The van der Waals surface area contributed by atoms with E-state index in [-0.39, 0.29) is 11.9 Å². The van der Waals surface area contributed by atoms with E-state index in [1.165, 1.54) is 0 Å². The molecule has 2 aliphatic heterocycles. The van der Waals surface area contributed by atoms with Gasteiger partial charge in [0.1, 0.15) is 6.54 Å². The summed E-state index contributed by atoms with van der Waals surface area (Å²) in [5.41, 5.74) is 3.88. The predicted molar refractivity (Wildman–Crippen MR) is 133 cm³/mol. The van der Waals surface area contributed by atoms with E-state index in [1.807, 2.05) is 67.3 Å². The first-order valence-electron chi connectivity index (χ1n) is 12.2. The lowest BCUT2D eigenvalue weighted by Gasteiger charge is -2.25. The first kappa shape index (κ1) is 24.7. The lowest BCUT2D eigenvalue weighted by Crippen LogP contribution is -2.41. The number of nitrogens with zero attached hydrogens (tertiary/aromatic N) is 2. The van der Waals surface area contributed by atoms with Gasteiger partial charge in [-0.15, -0.1) is 0 Å². The van der Waals surface area contributed by atoms with E-state index in [0.29, 0.717) is 11.8 Å². The molecular weight excluding hydrogens is 444 g/mol. The van der Waals surface area contributed by atoms with Crippen molar-refractivity contribution in [1.82, 2.24) is 20.4 Å². The van der Waals surface area contributed by atoms with Crippen LogP contribution in [0.15, 0.2) is 48.5 Å². The molecule has 3 atom stereocenters. The van der Waals surface area contributed by atoms with Gasteiger partial charge in [-0.3, -0.25) is 9.59 Å². The minimum atomic E-state index is -1.08. The van der Waals surface area contributed by atoms with Gasteiger partial charge < -0.3 is 25.5 Å². The molecule has 0 aliphatic carbocycles. The van der Waals surface area contributed by atoms with E-state index in [4.69, 9.17) is 5.11 Å². The molecule has 2 unspecified atom stereocenters. The Bertz CT molecular complexity index is 1040. The van der Waals surface area contributed by atoms with Gasteiger partial charge in [0.2, 0.25) is 0 Å². The molecule has 2 saturated heterocycles. The van der Waals surface area contributed by atoms with Crippen molar-refractivity contribution in [3.8, 4) is 0 Å². The van der Waals surface area contributed by atoms with Crippen LogP contribution in [0.2, 0.25) is 0 Å². The Morgan fingerprint density at radius 3 is 2.17 bits per heavy atom. The Labute approximate surface area is 206 Å². The Morgan fingerprint density at radius 1 is 0.943 bits per heavy atom. The molecule has 2 aromatic rings. The predicted octanol–water partition coefficient (Wildman–Crippen LogP) is 2.82. The summed E-state index contributed by atoms with van der Waals surface area (Å²) in [6.45, 7) is 7.84. The lowest BCUT2D eigenvalue weighted by atomic mass is 10.0. The highest BCUT2D eigenvalue weighted by Gasteiger charge is 2.42. The lowest BCUT2D eigenvalue weighted by molar-refractivity contribution is -0.135. The summed E-state index contributed by atoms with van der Waals surface area (Å²) in [7, 11) is 0. The maximum Gasteiger partial charge on any atom is 0.323 e. The zero-order chi connectivity index (χ0) is 24.9. The molecule has 3 N–H and O–H groups in total. The van der Waals surface area contributed by atoms with Crippen LogP contribution in [0.5, 0.6) is 0 Å². The van der Waals surface area contributed by atoms with Crippen LogP contribution in [-0.2, 0) is 4.79 Å². The van der Waals surface area contributed by atoms with Crippen LogP contribution in [0.4, 0.5) is 4.79 Å². The molecule has 0 aromatic heterocycles. The Kier molecular flexibility index (Phi) is 7.70. The van der Waals surface area contributed by atoms with Crippen molar-refractivity contribution in [1.29, 1.82) is 0 Å². The number of hydrogen-bond donors (Lipinski definition) is 3. The maximum atomic E-state index is 13.2. The smallest absolute Gasteiger partial charge is 0.323 e. The molecular formula is C27H34N4O4. The van der Waals surface area contributed by atoms with Crippen molar-refractivity contribution >= 4 is 17.9 Å². The molecule has 2 fully saturated rings. The number of amides is 3. The SMILES string of the molecule is Cc1cccc(C)c1C(=O)N1CC2CN(CC[C@H](NC(=O)NCC(=O)O)c3ccccc3)CC2C1. The van der Waals surface area contributed by atoms with Crippen molar-refractivity contribution < 1.29 is 19.5 Å². The summed E-state index contributed by atoms with van der Waals surface area (Å²) in [5.74, 6) is -0.0112. The molecule has 35 heavy (non-hydrogen) atoms. The van der Waals surface area contributed by atoms with Crippen molar-refractivity contribution in [3.05, 3.63) is 70.8 Å². The minimum Gasteiger partial charge on any atom is -0.480 e. The number of hydrogen-bond acceptors (Lipinski definition) is 4. The van der Waals surface area contributed by atoms with E-state index in [2.05, 4.69) is 15.5 Å². The van der Waals surface area contributed by atoms with Gasteiger partial charge in [-0.2, -0.15) is 0 Å². The van der Waals surface area contributed by atoms with Gasteiger partial charge in [0.15, 0.2) is 0 Å². The average molecular weight is 479 g/mol. The summed E-state index contributed by atoms with van der Waals surface area (Å²) in [6.07, 6.45) is 0.717. The number of carbonyl (C=O) groups excluding carboxylic acids is 2. The van der Waals surface area contributed by atoms with Crippen LogP contribution in [0, 0.1) is 25.7 Å². The molecule has 3 amide bonds. The number of aryl methyl sites for hydroxylation is 2. The zero-order valence-corrected chi connectivity index (χ0v) is 20.4. The van der Waals surface area contributed by atoms with Crippen molar-refractivity contribution in [2.75, 3.05) is 39.3 Å². The topological polar surface area (TPSA) is 102 Å². The molecule has 0 radical (unpaired) electrons. The average Bonchev–Trinajstić information content (AvgIpc) is 3.40. The zero-order valence-electron chi connectivity index (χ0n) is 20.4. The van der Waals surface area contributed by atoms with Gasteiger partial charge in [-0.05, 0) is 48.8 Å². The Morgan fingerprint density at radius 2 is 1.57 bits per heavy atom. The number of carboxylic acid groups (broad SMARTS) is 1. The van der Waals surface area contributed by atoms with Gasteiger partial charge in [-0.25, -0.2) is 4.79 Å². The molecule has 2 aromatic carbocycles. The van der Waals surface area contributed by atoms with Gasteiger partial charge in [0.05, 0.1) is 6.04 Å². The van der Waals surface area contributed by atoms with E-state index < -0.39 is 18.5 Å². The highest BCUT2D eigenvalue weighted by Crippen LogP contribution is 2.33. The highest BCUT2D eigenvalue weighted by atomic mass is 16.4. The van der Waals surface area contributed by atoms with Gasteiger partial charge in [0, 0.05) is 38.3 Å². The molecule has 0 spiro atoms. The third-order valence-corrected chi connectivity index (χ3v) is 7.19. The molecule has 0 bridgehead atoms. The number of fused-ring (bicyclic) bond motifs is 1. The minimum absolute atomic E-state index is 0.141. The fourth-order valence-corrected chi connectivity index (χ4v) is 5.43. The normalized spacial score (nSPS) is 20.3. The van der Waals surface area contributed by atoms with Gasteiger partial charge in [-0.1, -0.05) is 48.5 Å². The van der Waals surface area contributed by atoms with Crippen molar-refractivity contribution in [3.63, 3.8) is 0 Å². The largest absolute Gasteiger partial charge is 0.480 e. The number of likely N-dealkylation sites (tertiary alicyclic amines) is 2. The summed E-state index contributed by atoms with van der Waals surface area (Å²) in [5, 5.41) is 14.1. The van der Waals surface area contributed by atoms with E-state index in [1.54, 1.807) is 0 Å². The second-order valence-electron chi connectivity index (χ2n) is 9.73. The summed E-state index contributed by atoms with van der Waals surface area (Å²) in [4.78, 5) is 40.6. The molecule has 0 saturated carbocycles. The number of urea groups is 1. The van der Waals surface area contributed by atoms with E-state index >= 15 is 0 Å². The van der Waals surface area contributed by atoms with Crippen LogP contribution < -0.4 is 10.6 Å². The monoisotopic (exact) mass is 478 g/mol. The number of carbonyl (C=O) groups is 3. The summed E-state index contributed by atoms with van der Waals surface area (Å²) < 4.78 is 0. The molecule has 2 heterocycles. The second-order valence-corrected chi connectivity index (χ2v) is 9.73. The van der Waals surface area contributed by atoms with Crippen molar-refractivity contribution in [2.24, 2.45) is 11.8 Å². The van der Waals surface area contributed by atoms with E-state index in [0.717, 1.165) is 61.4 Å². The second kappa shape index (κ2) is 10.9. The van der Waals surface area contributed by atoms with Crippen LogP contribution >= 0.6 is 0 Å². The summed E-state index contributed by atoms with van der Waals surface area (Å²) in [6, 6.07) is 15.0. The highest BCUT2D eigenvalue weighted by molar-refractivity contribution is 5.97. The number of rotatable bonds is 8. The quantitative estimate of drug-likeness (QED) is 0.542. The van der Waals surface area contributed by atoms with Crippen LogP contribution in [-0.4, -0.2) is 72.1 Å². The molecule has 2 aliphatic rings. The first-order chi connectivity index (χ1) is 16.8. The van der Waals surface area contributed by atoms with Gasteiger partial charge >= 0.3 is 12.0 Å². The van der Waals surface area contributed by atoms with Crippen LogP contribution in [0.1, 0.15) is 39.5 Å². The van der Waals surface area contributed by atoms with Crippen LogP contribution in [0.3, 0.4) is 0 Å². The Balaban J connectivity index is 1.32. The molecule has 186 valence electrons. The Hall–Kier alpha value is -3.39. The fourth-order valence-electron chi connectivity index (χ4n) is 5.43. The first-order valence-corrected chi connectivity index (χ1v) is 12.2. The maximum absolute atomic E-state index is 13.2. The van der Waals surface area contributed by atoms with Gasteiger partial charge in [0.25, 0.3) is 5.91 Å². The molecule has 4 rings (SSSR count). The van der Waals surface area contributed by atoms with Crippen molar-refractivity contribution in [2.45, 2.75) is 26.3 Å². The van der Waals surface area contributed by atoms with E-state index in [9.17, 15) is 14.4 Å². The van der Waals surface area contributed by atoms with Crippen LogP contribution in [0.25, 0.3) is 0 Å². The number of aliphatic carboxylic acids is 1. The summed E-state index contributed by atoms with van der Waals surface area (Å²) >= 11 is 0. The third kappa shape index (κ3) is 6.00. The fraction of sp³-hybridized carbons (Fsp3) is 0.444. The number of carboxylic acids is 1. The number of nitrogens with one attached hydrogen (secondary N) is 2. The molecule has 8 nitrogen and oxygen atoms in total. The number of benzene rings is 2. The third-order valence-electron chi connectivity index (χ3n) is 7.19. The standard InChI is InChI=1S/C27H34N4O4/c1-18-7-6-8-19(2)25(18)26(34)31-16-21-14-30(15-22(21)17-31)12-11-23(20-9-4-3-5-10-20)29-27(35)28-13-24(32)33/h3-10,21-23H,11-17H2,1-2H3,(H,32,33)(H2,28,29,35)/t21?,22?,23-/m0/s1.